The van der Waals surface area contributed by atoms with E-state index in [0.29, 0.717) is 17.3 Å². The Morgan fingerprint density at radius 2 is 1.72 bits per heavy atom. The van der Waals surface area contributed by atoms with Gasteiger partial charge < -0.3 is 4.90 Å². The summed E-state index contributed by atoms with van der Waals surface area (Å²) in [5.74, 6) is -0.533. The van der Waals surface area contributed by atoms with E-state index in [-0.39, 0.29) is 35.4 Å². The van der Waals surface area contributed by atoms with Crippen molar-refractivity contribution >= 4 is 28.9 Å². The number of hydrogen-bond donors (Lipinski definition) is 0. The van der Waals surface area contributed by atoms with Crippen molar-refractivity contribution in [3.8, 4) is 0 Å². The van der Waals surface area contributed by atoms with Crippen LogP contribution in [-0.2, 0) is 9.59 Å². The number of carbonyl (C=O) groups is 2. The smallest absolute Gasteiger partial charge is 0.294 e. The van der Waals surface area contributed by atoms with Crippen molar-refractivity contribution in [2.45, 2.75) is 64.3 Å². The molecule has 0 aromatic heterocycles. The molecule has 29 heavy (non-hydrogen) atoms. The van der Waals surface area contributed by atoms with Crippen LogP contribution < -0.4 is 9.80 Å². The fourth-order valence-corrected chi connectivity index (χ4v) is 5.40. The number of anilines is 2. The van der Waals surface area contributed by atoms with Crippen LogP contribution in [0.5, 0.6) is 0 Å². The number of carbonyl (C=O) groups excluding carboxylic acids is 2. The first-order valence-corrected chi connectivity index (χ1v) is 10.8. The molecule has 0 bridgehead atoms. The number of amides is 2. The normalized spacial score (nSPS) is 27.8. The lowest BCUT2D eigenvalue weighted by atomic mass is 9.76. The summed E-state index contributed by atoms with van der Waals surface area (Å²) in [6.45, 7) is 2.11. The average molecular weight is 399 g/mol. The molecule has 3 aliphatic rings. The third-order valence-corrected chi connectivity index (χ3v) is 7.10. The predicted molar refractivity (Wildman–Crippen MR) is 111 cm³/mol. The second kappa shape index (κ2) is 7.76. The standard InChI is InChI=1S/C22H29N3O4/c1-14-8-10-17-18(12-14)22(27)24(21(17)26)16-9-11-19(20(13-16)25(28)29)23(2)15-6-4-3-5-7-15/h9,11,13-15,17-18H,3-8,10,12H2,1-2H3. The van der Waals surface area contributed by atoms with E-state index >= 15 is 0 Å². The van der Waals surface area contributed by atoms with Crippen LogP contribution in [0, 0.1) is 27.9 Å². The molecular weight excluding hydrogens is 370 g/mol. The molecule has 1 heterocycles. The van der Waals surface area contributed by atoms with Crippen LogP contribution >= 0.6 is 0 Å². The molecule has 0 N–H and O–H groups in total. The Bertz CT molecular complexity index is 833. The maximum absolute atomic E-state index is 13.0. The van der Waals surface area contributed by atoms with Crippen molar-refractivity contribution in [1.29, 1.82) is 0 Å². The monoisotopic (exact) mass is 399 g/mol. The maximum Gasteiger partial charge on any atom is 0.294 e. The van der Waals surface area contributed by atoms with Gasteiger partial charge in [0.05, 0.1) is 22.4 Å². The topological polar surface area (TPSA) is 83.8 Å². The molecule has 1 aromatic carbocycles. The van der Waals surface area contributed by atoms with Gasteiger partial charge in [0, 0.05) is 19.2 Å². The molecule has 4 rings (SSSR count). The van der Waals surface area contributed by atoms with Gasteiger partial charge >= 0.3 is 0 Å². The Balaban J connectivity index is 1.65. The molecular formula is C22H29N3O4. The minimum absolute atomic E-state index is 0.0422. The van der Waals surface area contributed by atoms with Gasteiger partial charge in [-0.3, -0.25) is 19.7 Å². The summed E-state index contributed by atoms with van der Waals surface area (Å²) in [5, 5.41) is 11.8. The molecule has 3 atom stereocenters. The Hall–Kier alpha value is -2.44. The number of nitro benzene ring substituents is 1. The summed E-state index contributed by atoms with van der Waals surface area (Å²) in [4.78, 5) is 40.5. The van der Waals surface area contributed by atoms with E-state index in [9.17, 15) is 19.7 Å². The quantitative estimate of drug-likeness (QED) is 0.428. The van der Waals surface area contributed by atoms with Crippen LogP contribution in [0.25, 0.3) is 0 Å². The van der Waals surface area contributed by atoms with Crippen LogP contribution in [0.15, 0.2) is 18.2 Å². The van der Waals surface area contributed by atoms with E-state index in [2.05, 4.69) is 6.92 Å². The molecule has 156 valence electrons. The second-order valence-corrected chi connectivity index (χ2v) is 8.98. The van der Waals surface area contributed by atoms with Gasteiger partial charge in [-0.2, -0.15) is 0 Å². The van der Waals surface area contributed by atoms with Crippen LogP contribution in [0.3, 0.4) is 0 Å². The van der Waals surface area contributed by atoms with Gasteiger partial charge in [-0.05, 0) is 50.2 Å². The van der Waals surface area contributed by atoms with Gasteiger partial charge in [0.25, 0.3) is 5.69 Å². The Morgan fingerprint density at radius 3 is 2.41 bits per heavy atom. The molecule has 1 aliphatic heterocycles. The third kappa shape index (κ3) is 3.51. The van der Waals surface area contributed by atoms with Gasteiger partial charge in [-0.15, -0.1) is 0 Å². The number of nitrogens with zero attached hydrogens (tertiary/aromatic N) is 3. The molecule has 2 aliphatic carbocycles. The first-order chi connectivity index (χ1) is 13.9. The summed E-state index contributed by atoms with van der Waals surface area (Å²) < 4.78 is 0. The van der Waals surface area contributed by atoms with Gasteiger partial charge in [-0.1, -0.05) is 26.2 Å². The number of hydrogen-bond acceptors (Lipinski definition) is 5. The van der Waals surface area contributed by atoms with Crippen LogP contribution in [-0.4, -0.2) is 29.8 Å². The molecule has 3 unspecified atom stereocenters. The highest BCUT2D eigenvalue weighted by Crippen LogP contribution is 2.43. The van der Waals surface area contributed by atoms with Crippen molar-refractivity contribution in [3.63, 3.8) is 0 Å². The molecule has 0 spiro atoms. The Labute approximate surface area is 171 Å². The van der Waals surface area contributed by atoms with E-state index in [1.54, 1.807) is 12.1 Å². The molecule has 7 heteroatoms. The Kier molecular flexibility index (Phi) is 5.32. The Morgan fingerprint density at radius 1 is 1.03 bits per heavy atom. The van der Waals surface area contributed by atoms with Crippen LogP contribution in [0.1, 0.15) is 58.3 Å². The fourth-order valence-electron chi connectivity index (χ4n) is 5.40. The average Bonchev–Trinajstić information content (AvgIpc) is 2.97. The van der Waals surface area contributed by atoms with E-state index in [4.69, 9.17) is 0 Å². The minimum Gasteiger partial charge on any atom is -0.366 e. The first kappa shape index (κ1) is 19.9. The lowest BCUT2D eigenvalue weighted by Crippen LogP contribution is -2.34. The van der Waals surface area contributed by atoms with Crippen molar-refractivity contribution in [3.05, 3.63) is 28.3 Å². The molecule has 1 saturated heterocycles. The summed E-state index contributed by atoms with van der Waals surface area (Å²) in [6.07, 6.45) is 7.93. The maximum atomic E-state index is 13.0. The number of imide groups is 1. The van der Waals surface area contributed by atoms with Crippen LogP contribution in [0.4, 0.5) is 17.1 Å². The molecule has 3 fully saturated rings. The molecule has 2 saturated carbocycles. The second-order valence-electron chi connectivity index (χ2n) is 8.98. The van der Waals surface area contributed by atoms with Gasteiger partial charge in [0.1, 0.15) is 5.69 Å². The highest BCUT2D eigenvalue weighted by molar-refractivity contribution is 6.22. The fraction of sp³-hybridized carbons (Fsp3) is 0.636. The van der Waals surface area contributed by atoms with Gasteiger partial charge in [0.15, 0.2) is 0 Å². The highest BCUT2D eigenvalue weighted by Gasteiger charge is 2.50. The summed E-state index contributed by atoms with van der Waals surface area (Å²) in [6, 6.07) is 5.09. The van der Waals surface area contributed by atoms with Crippen LogP contribution in [0.2, 0.25) is 0 Å². The van der Waals surface area contributed by atoms with E-state index in [1.165, 1.54) is 17.4 Å². The molecule has 7 nitrogen and oxygen atoms in total. The van der Waals surface area contributed by atoms with Crippen molar-refractivity contribution in [2.24, 2.45) is 17.8 Å². The summed E-state index contributed by atoms with van der Waals surface area (Å²) in [5.41, 5.74) is 0.838. The molecule has 0 radical (unpaired) electrons. The van der Waals surface area contributed by atoms with E-state index in [0.717, 1.165) is 44.9 Å². The van der Waals surface area contributed by atoms with Gasteiger partial charge in [-0.25, -0.2) is 4.90 Å². The zero-order valence-corrected chi connectivity index (χ0v) is 17.2. The van der Waals surface area contributed by atoms with E-state index in [1.807, 2.05) is 11.9 Å². The third-order valence-electron chi connectivity index (χ3n) is 7.10. The van der Waals surface area contributed by atoms with Gasteiger partial charge in [0.2, 0.25) is 11.8 Å². The minimum atomic E-state index is -0.404. The predicted octanol–water partition coefficient (Wildman–Crippen LogP) is 4.29. The molecule has 2 amide bonds. The summed E-state index contributed by atoms with van der Waals surface area (Å²) in [7, 11) is 1.90. The zero-order chi connectivity index (χ0) is 20.7. The first-order valence-electron chi connectivity index (χ1n) is 10.8. The van der Waals surface area contributed by atoms with E-state index < -0.39 is 4.92 Å². The number of nitro groups is 1. The van der Waals surface area contributed by atoms with Crippen molar-refractivity contribution in [2.75, 3.05) is 16.8 Å². The number of benzene rings is 1. The lowest BCUT2D eigenvalue weighted by molar-refractivity contribution is -0.384. The highest BCUT2D eigenvalue weighted by atomic mass is 16.6. The summed E-state index contributed by atoms with van der Waals surface area (Å²) >= 11 is 0. The van der Waals surface area contributed by atoms with Crippen molar-refractivity contribution < 1.29 is 14.5 Å². The number of rotatable bonds is 4. The van der Waals surface area contributed by atoms with Crippen molar-refractivity contribution in [1.82, 2.24) is 0 Å². The lowest BCUT2D eigenvalue weighted by Gasteiger charge is -2.32. The SMILES string of the molecule is CC1CCC2C(=O)N(c3ccc(N(C)C4CCCCC4)c([N+](=O)[O-])c3)C(=O)C2C1. The molecule has 1 aromatic rings. The zero-order valence-electron chi connectivity index (χ0n) is 17.2. The number of fused-ring (bicyclic) bond motifs is 1. The largest absolute Gasteiger partial charge is 0.366 e.